The van der Waals surface area contributed by atoms with Gasteiger partial charge in [0.1, 0.15) is 11.5 Å². The van der Waals surface area contributed by atoms with E-state index < -0.39 is 12.0 Å². The highest BCUT2D eigenvalue weighted by atomic mass is 16.5. The fraction of sp³-hybridized carbons (Fsp3) is 0.188. The van der Waals surface area contributed by atoms with Crippen molar-refractivity contribution in [2.75, 3.05) is 19.5 Å². The molecule has 0 aliphatic carbocycles. The van der Waals surface area contributed by atoms with E-state index in [9.17, 15) is 9.90 Å². The van der Waals surface area contributed by atoms with E-state index in [1.807, 2.05) is 18.2 Å². The van der Waals surface area contributed by atoms with Gasteiger partial charge in [0.15, 0.2) is 6.04 Å². The molecule has 0 aliphatic heterocycles. The monoisotopic (exact) mass is 287 g/mol. The van der Waals surface area contributed by atoms with E-state index in [1.54, 1.807) is 25.3 Å². The van der Waals surface area contributed by atoms with Crippen molar-refractivity contribution < 1.29 is 19.4 Å². The van der Waals surface area contributed by atoms with Crippen LogP contribution in [0.25, 0.3) is 0 Å². The zero-order valence-corrected chi connectivity index (χ0v) is 11.9. The smallest absolute Gasteiger partial charge is 0.332 e. The van der Waals surface area contributed by atoms with Gasteiger partial charge in [-0.25, -0.2) is 4.79 Å². The third-order valence-corrected chi connectivity index (χ3v) is 3.07. The van der Waals surface area contributed by atoms with Crippen LogP contribution in [-0.4, -0.2) is 25.3 Å². The number of rotatable bonds is 5. The summed E-state index contributed by atoms with van der Waals surface area (Å²) in [5.41, 5.74) is 1.37. The number of esters is 1. The first-order valence-electron chi connectivity index (χ1n) is 6.42. The average Bonchev–Trinajstić information content (AvgIpc) is 2.53. The van der Waals surface area contributed by atoms with Gasteiger partial charge < -0.3 is 19.9 Å². The lowest BCUT2D eigenvalue weighted by molar-refractivity contribution is -0.141. The lowest BCUT2D eigenvalue weighted by atomic mass is 10.1. The van der Waals surface area contributed by atoms with Crippen LogP contribution in [0.15, 0.2) is 48.5 Å². The molecule has 0 fully saturated rings. The summed E-state index contributed by atoms with van der Waals surface area (Å²) in [4.78, 5) is 12.0. The van der Waals surface area contributed by atoms with Crippen LogP contribution < -0.4 is 10.1 Å². The van der Waals surface area contributed by atoms with Gasteiger partial charge in [-0.05, 0) is 29.8 Å². The number of phenolic OH excluding ortho intramolecular Hbond substituents is 1. The van der Waals surface area contributed by atoms with Crippen molar-refractivity contribution in [3.8, 4) is 11.5 Å². The molecule has 2 N–H and O–H groups in total. The van der Waals surface area contributed by atoms with Crippen LogP contribution in [0.3, 0.4) is 0 Å². The Hall–Kier alpha value is -2.69. The molecule has 1 unspecified atom stereocenters. The molecule has 110 valence electrons. The summed E-state index contributed by atoms with van der Waals surface area (Å²) in [6.07, 6.45) is 0. The largest absolute Gasteiger partial charge is 0.508 e. The molecule has 2 rings (SSSR count). The van der Waals surface area contributed by atoms with E-state index in [1.165, 1.54) is 19.2 Å². The summed E-state index contributed by atoms with van der Waals surface area (Å²) in [6.45, 7) is 0. The van der Waals surface area contributed by atoms with Crippen molar-refractivity contribution in [2.24, 2.45) is 0 Å². The minimum Gasteiger partial charge on any atom is -0.508 e. The first-order valence-corrected chi connectivity index (χ1v) is 6.42. The zero-order chi connectivity index (χ0) is 15.2. The normalized spacial score (nSPS) is 11.5. The van der Waals surface area contributed by atoms with Crippen LogP contribution in [0.5, 0.6) is 11.5 Å². The highest BCUT2D eigenvalue weighted by molar-refractivity contribution is 5.81. The zero-order valence-electron chi connectivity index (χ0n) is 11.9. The molecule has 0 saturated carbocycles. The van der Waals surface area contributed by atoms with Gasteiger partial charge in [0.05, 0.1) is 19.9 Å². The predicted octanol–water partition coefficient (Wildman–Crippen LogP) is 2.73. The highest BCUT2D eigenvalue weighted by Gasteiger charge is 2.22. The summed E-state index contributed by atoms with van der Waals surface area (Å²) in [5.74, 6) is 0.344. The van der Waals surface area contributed by atoms with Crippen molar-refractivity contribution >= 4 is 11.7 Å². The molecule has 0 bridgehead atoms. The van der Waals surface area contributed by atoms with Crippen molar-refractivity contribution in [3.05, 3.63) is 54.1 Å². The molecule has 5 heteroatoms. The molecule has 0 radical (unpaired) electrons. The molecule has 2 aromatic carbocycles. The topological polar surface area (TPSA) is 67.8 Å². The summed E-state index contributed by atoms with van der Waals surface area (Å²) < 4.78 is 10.1. The minimum absolute atomic E-state index is 0.139. The SMILES string of the molecule is COC(=O)C(Nc1ccccc1OC)c1ccc(O)cc1. The first-order chi connectivity index (χ1) is 10.2. The number of nitrogens with one attached hydrogen (secondary N) is 1. The molecule has 2 aromatic rings. The van der Waals surface area contributed by atoms with Gasteiger partial charge in [0.25, 0.3) is 0 Å². The number of methoxy groups -OCH3 is 2. The molecule has 0 spiro atoms. The molecule has 0 amide bonds. The second-order valence-corrected chi connectivity index (χ2v) is 4.39. The second-order valence-electron chi connectivity index (χ2n) is 4.39. The van der Waals surface area contributed by atoms with Crippen LogP contribution >= 0.6 is 0 Å². The van der Waals surface area contributed by atoms with Gasteiger partial charge >= 0.3 is 5.97 Å². The number of carbonyl (C=O) groups is 1. The number of hydrogen-bond acceptors (Lipinski definition) is 5. The molecular weight excluding hydrogens is 270 g/mol. The summed E-state index contributed by atoms with van der Waals surface area (Å²) in [6, 6.07) is 13.0. The van der Waals surface area contributed by atoms with Crippen molar-refractivity contribution in [1.82, 2.24) is 0 Å². The molecule has 0 aromatic heterocycles. The third-order valence-electron chi connectivity index (χ3n) is 3.07. The number of benzene rings is 2. The number of anilines is 1. The van der Waals surface area contributed by atoms with Crippen LogP contribution in [0, 0.1) is 0 Å². The number of phenols is 1. The van der Waals surface area contributed by atoms with Gasteiger partial charge in [-0.1, -0.05) is 24.3 Å². The van der Waals surface area contributed by atoms with Gasteiger partial charge in [-0.3, -0.25) is 0 Å². The molecule has 5 nitrogen and oxygen atoms in total. The van der Waals surface area contributed by atoms with Gasteiger partial charge in [-0.15, -0.1) is 0 Å². The maximum Gasteiger partial charge on any atom is 0.332 e. The maximum atomic E-state index is 12.0. The van der Waals surface area contributed by atoms with Gasteiger partial charge in [0.2, 0.25) is 0 Å². The van der Waals surface area contributed by atoms with Crippen LogP contribution in [0.2, 0.25) is 0 Å². The fourth-order valence-corrected chi connectivity index (χ4v) is 1.98. The van der Waals surface area contributed by atoms with Gasteiger partial charge in [0, 0.05) is 0 Å². The van der Waals surface area contributed by atoms with Crippen molar-refractivity contribution in [1.29, 1.82) is 0 Å². The van der Waals surface area contributed by atoms with E-state index >= 15 is 0 Å². The van der Waals surface area contributed by atoms with Crippen LogP contribution in [0.1, 0.15) is 11.6 Å². The quantitative estimate of drug-likeness (QED) is 0.828. The maximum absolute atomic E-state index is 12.0. The number of aromatic hydroxyl groups is 1. The van der Waals surface area contributed by atoms with E-state index in [4.69, 9.17) is 9.47 Å². The molecule has 21 heavy (non-hydrogen) atoms. The van der Waals surface area contributed by atoms with E-state index in [2.05, 4.69) is 5.32 Å². The number of carbonyl (C=O) groups excluding carboxylic acids is 1. The highest BCUT2D eigenvalue weighted by Crippen LogP contribution is 2.29. The van der Waals surface area contributed by atoms with E-state index in [0.29, 0.717) is 17.0 Å². The Balaban J connectivity index is 2.33. The predicted molar refractivity (Wildman–Crippen MR) is 79.5 cm³/mol. The molecular formula is C16H17NO4. The van der Waals surface area contributed by atoms with E-state index in [0.717, 1.165) is 0 Å². The Labute approximate surface area is 123 Å². The van der Waals surface area contributed by atoms with Crippen LogP contribution in [0.4, 0.5) is 5.69 Å². The molecule has 1 atom stereocenters. The minimum atomic E-state index is -0.688. The Morgan fingerprint density at radius 2 is 1.76 bits per heavy atom. The second kappa shape index (κ2) is 6.65. The fourth-order valence-electron chi connectivity index (χ4n) is 1.98. The Morgan fingerprint density at radius 1 is 1.10 bits per heavy atom. The molecule has 0 aliphatic rings. The Kier molecular flexibility index (Phi) is 4.66. The first kappa shape index (κ1) is 14.7. The van der Waals surface area contributed by atoms with Crippen molar-refractivity contribution in [2.45, 2.75) is 6.04 Å². The Morgan fingerprint density at radius 3 is 2.38 bits per heavy atom. The molecule has 0 heterocycles. The Bertz CT molecular complexity index is 610. The number of hydrogen-bond donors (Lipinski definition) is 2. The lowest BCUT2D eigenvalue weighted by Gasteiger charge is -2.19. The van der Waals surface area contributed by atoms with Gasteiger partial charge in [-0.2, -0.15) is 0 Å². The van der Waals surface area contributed by atoms with Crippen LogP contribution in [-0.2, 0) is 9.53 Å². The number of ether oxygens (including phenoxy) is 2. The average molecular weight is 287 g/mol. The summed E-state index contributed by atoms with van der Waals surface area (Å²) >= 11 is 0. The molecule has 0 saturated heterocycles. The number of para-hydroxylation sites is 2. The van der Waals surface area contributed by atoms with Crippen molar-refractivity contribution in [3.63, 3.8) is 0 Å². The van der Waals surface area contributed by atoms with E-state index in [-0.39, 0.29) is 5.75 Å². The summed E-state index contributed by atoms with van der Waals surface area (Å²) in [5, 5.41) is 12.5. The third kappa shape index (κ3) is 3.45. The standard InChI is InChI=1S/C16H17NO4/c1-20-14-6-4-3-5-13(14)17-15(16(19)21-2)11-7-9-12(18)10-8-11/h3-10,15,17-18H,1-2H3. The lowest BCUT2D eigenvalue weighted by Crippen LogP contribution is -2.22. The summed E-state index contributed by atoms with van der Waals surface area (Å²) in [7, 11) is 2.90.